The van der Waals surface area contributed by atoms with Gasteiger partial charge in [0.2, 0.25) is 5.91 Å². The summed E-state index contributed by atoms with van der Waals surface area (Å²) in [5.41, 5.74) is 2.71. The molecule has 0 saturated carbocycles. The zero-order valence-electron chi connectivity index (χ0n) is 17.3. The lowest BCUT2D eigenvalue weighted by molar-refractivity contribution is -0.130. The third-order valence-electron chi connectivity index (χ3n) is 4.67. The van der Waals surface area contributed by atoms with Crippen molar-refractivity contribution >= 4 is 29.8 Å². The van der Waals surface area contributed by atoms with Gasteiger partial charge in [0.05, 0.1) is 5.69 Å². The van der Waals surface area contributed by atoms with E-state index in [4.69, 9.17) is 5.41 Å². The first kappa shape index (κ1) is 21.8. The maximum atomic E-state index is 12.4. The molecule has 2 heterocycles. The molecule has 0 unspecified atom stereocenters. The Bertz CT molecular complexity index is 755. The van der Waals surface area contributed by atoms with Crippen LogP contribution in [0.3, 0.4) is 0 Å². The van der Waals surface area contributed by atoms with Crippen LogP contribution in [0.4, 0.5) is 5.82 Å². The first-order valence-corrected chi connectivity index (χ1v) is 9.74. The van der Waals surface area contributed by atoms with E-state index in [-0.39, 0.29) is 11.9 Å². The Morgan fingerprint density at radius 2 is 2.18 bits per heavy atom. The molecule has 0 aromatic carbocycles. The quantitative estimate of drug-likeness (QED) is 0.504. The number of anilines is 1. The van der Waals surface area contributed by atoms with Crippen molar-refractivity contribution in [3.8, 4) is 0 Å². The highest BCUT2D eigenvalue weighted by Gasteiger charge is 2.20. The summed E-state index contributed by atoms with van der Waals surface area (Å²) in [6, 6.07) is 1.87. The lowest BCUT2D eigenvalue weighted by Gasteiger charge is -2.27. The van der Waals surface area contributed by atoms with Gasteiger partial charge in [-0.2, -0.15) is 0 Å². The topological polar surface area (TPSA) is 89.4 Å². The summed E-state index contributed by atoms with van der Waals surface area (Å²) >= 11 is 0. The number of nitrogens with one attached hydrogen (secondary N) is 2. The molecule has 0 atom stereocenters. The van der Waals surface area contributed by atoms with Crippen molar-refractivity contribution < 1.29 is 9.59 Å². The van der Waals surface area contributed by atoms with Gasteiger partial charge in [0, 0.05) is 42.9 Å². The third kappa shape index (κ3) is 5.73. The van der Waals surface area contributed by atoms with Crippen molar-refractivity contribution in [1.82, 2.24) is 14.8 Å². The lowest BCUT2D eigenvalue weighted by Crippen LogP contribution is -2.35. The maximum Gasteiger partial charge on any atom is 0.222 e. The van der Waals surface area contributed by atoms with Gasteiger partial charge in [-0.1, -0.05) is 6.08 Å². The Morgan fingerprint density at radius 3 is 2.71 bits per heavy atom. The standard InChI is InChI=1S/C21H31N5O2/c1-15(2)23-21-18(13-22)17(14-27)12-19(24-21)16-7-10-26(11-8-16)20(28)6-5-9-25(3)4/h7,12-15,22H,5-6,8-11H2,1-4H3,(H,23,24). The molecule has 0 fully saturated rings. The molecule has 0 radical (unpaired) electrons. The number of pyridine rings is 1. The van der Waals surface area contributed by atoms with Gasteiger partial charge in [-0.3, -0.25) is 9.59 Å². The number of nitrogens with zero attached hydrogens (tertiary/aromatic N) is 3. The van der Waals surface area contributed by atoms with Crippen LogP contribution < -0.4 is 5.32 Å². The first-order valence-electron chi connectivity index (χ1n) is 9.74. The maximum absolute atomic E-state index is 12.4. The molecule has 2 rings (SSSR count). The number of aromatic nitrogens is 1. The molecule has 2 N–H and O–H groups in total. The number of carbonyl (C=O) groups is 2. The summed E-state index contributed by atoms with van der Waals surface area (Å²) in [7, 11) is 4.01. The fraction of sp³-hybridized carbons (Fsp3) is 0.524. The minimum atomic E-state index is 0.136. The van der Waals surface area contributed by atoms with Crippen molar-refractivity contribution in [1.29, 1.82) is 5.41 Å². The number of hydrogen-bond donors (Lipinski definition) is 2. The van der Waals surface area contributed by atoms with Gasteiger partial charge < -0.3 is 20.5 Å². The van der Waals surface area contributed by atoms with E-state index in [0.717, 1.165) is 36.7 Å². The van der Waals surface area contributed by atoms with Crippen LogP contribution in [-0.4, -0.2) is 73.0 Å². The van der Waals surface area contributed by atoms with Crippen LogP contribution in [0.1, 0.15) is 54.7 Å². The molecule has 0 saturated heterocycles. The van der Waals surface area contributed by atoms with E-state index in [1.807, 2.05) is 38.9 Å². The Labute approximate surface area is 167 Å². The average molecular weight is 386 g/mol. The summed E-state index contributed by atoms with van der Waals surface area (Å²) in [5, 5.41) is 10.8. The van der Waals surface area contributed by atoms with Crippen molar-refractivity contribution in [3.05, 3.63) is 29.0 Å². The van der Waals surface area contributed by atoms with Crippen molar-refractivity contribution in [2.45, 2.75) is 39.2 Å². The number of rotatable bonds is 9. The summed E-state index contributed by atoms with van der Waals surface area (Å²) in [6.45, 7) is 6.10. The molecule has 28 heavy (non-hydrogen) atoms. The number of amides is 1. The van der Waals surface area contributed by atoms with Crippen LogP contribution in [0.2, 0.25) is 0 Å². The van der Waals surface area contributed by atoms with E-state index in [1.165, 1.54) is 0 Å². The SMILES string of the molecule is CC(C)Nc1nc(C2=CCN(C(=O)CCCN(C)C)CC2)cc(C=O)c1C=N. The predicted octanol–water partition coefficient (Wildman–Crippen LogP) is 2.67. The normalized spacial score (nSPS) is 14.2. The zero-order valence-corrected chi connectivity index (χ0v) is 17.3. The Balaban J connectivity index is 2.15. The van der Waals surface area contributed by atoms with E-state index in [2.05, 4.69) is 15.2 Å². The zero-order chi connectivity index (χ0) is 20.7. The molecule has 1 aliphatic heterocycles. The molecule has 1 aromatic rings. The first-order chi connectivity index (χ1) is 13.3. The molecule has 1 aromatic heterocycles. The average Bonchev–Trinajstić information content (AvgIpc) is 2.66. The molecule has 7 nitrogen and oxygen atoms in total. The molecule has 0 bridgehead atoms. The van der Waals surface area contributed by atoms with Crippen molar-refractivity contribution in [2.24, 2.45) is 0 Å². The summed E-state index contributed by atoms with van der Waals surface area (Å²) in [5.74, 6) is 0.729. The van der Waals surface area contributed by atoms with Gasteiger partial charge in [0.25, 0.3) is 0 Å². The van der Waals surface area contributed by atoms with Crippen molar-refractivity contribution in [3.63, 3.8) is 0 Å². The highest BCUT2D eigenvalue weighted by Crippen LogP contribution is 2.26. The summed E-state index contributed by atoms with van der Waals surface area (Å²) in [6.07, 6.45) is 6.07. The smallest absolute Gasteiger partial charge is 0.222 e. The van der Waals surface area contributed by atoms with Crippen LogP contribution in [0.15, 0.2) is 12.1 Å². The van der Waals surface area contributed by atoms with Crippen LogP contribution >= 0.6 is 0 Å². The molecule has 7 heteroatoms. The molecule has 0 aliphatic carbocycles. The monoisotopic (exact) mass is 385 g/mol. The summed E-state index contributed by atoms with van der Waals surface area (Å²) < 4.78 is 0. The second-order valence-electron chi connectivity index (χ2n) is 7.65. The predicted molar refractivity (Wildman–Crippen MR) is 113 cm³/mol. The van der Waals surface area contributed by atoms with Gasteiger partial charge in [0.1, 0.15) is 5.82 Å². The van der Waals surface area contributed by atoms with Crippen LogP contribution in [0.5, 0.6) is 0 Å². The lowest BCUT2D eigenvalue weighted by atomic mass is 10.0. The Kier molecular flexibility index (Phi) is 7.87. The van der Waals surface area contributed by atoms with Gasteiger partial charge in [-0.15, -0.1) is 0 Å². The highest BCUT2D eigenvalue weighted by molar-refractivity contribution is 5.96. The van der Waals surface area contributed by atoms with Gasteiger partial charge in [-0.05, 0) is 59.0 Å². The second kappa shape index (κ2) is 10.1. The molecule has 0 spiro atoms. The minimum Gasteiger partial charge on any atom is -0.367 e. The van der Waals surface area contributed by atoms with Crippen LogP contribution in [-0.2, 0) is 4.79 Å². The molecule has 1 aliphatic rings. The molecule has 152 valence electrons. The highest BCUT2D eigenvalue weighted by atomic mass is 16.2. The number of aldehydes is 1. The van der Waals surface area contributed by atoms with Gasteiger partial charge >= 0.3 is 0 Å². The van der Waals surface area contributed by atoms with Crippen molar-refractivity contribution in [2.75, 3.05) is 39.0 Å². The van der Waals surface area contributed by atoms with E-state index in [9.17, 15) is 9.59 Å². The third-order valence-corrected chi connectivity index (χ3v) is 4.67. The van der Waals surface area contributed by atoms with Crippen LogP contribution in [0.25, 0.3) is 5.57 Å². The second-order valence-corrected chi connectivity index (χ2v) is 7.65. The molecular formula is C21H31N5O2. The molecular weight excluding hydrogens is 354 g/mol. The Morgan fingerprint density at radius 1 is 1.43 bits per heavy atom. The minimum absolute atomic E-state index is 0.136. The van der Waals surface area contributed by atoms with E-state index in [0.29, 0.717) is 42.9 Å². The Hall–Kier alpha value is -2.54. The van der Waals surface area contributed by atoms with E-state index >= 15 is 0 Å². The van der Waals surface area contributed by atoms with Gasteiger partial charge in [0.15, 0.2) is 6.29 Å². The fourth-order valence-corrected chi connectivity index (χ4v) is 3.20. The largest absolute Gasteiger partial charge is 0.367 e. The summed E-state index contributed by atoms with van der Waals surface area (Å²) in [4.78, 5) is 32.5. The van der Waals surface area contributed by atoms with E-state index in [1.54, 1.807) is 6.07 Å². The number of hydrogen-bond acceptors (Lipinski definition) is 6. The fourth-order valence-electron chi connectivity index (χ4n) is 3.20. The molecule has 1 amide bonds. The van der Waals surface area contributed by atoms with Gasteiger partial charge in [-0.25, -0.2) is 4.98 Å². The number of carbonyl (C=O) groups excluding carboxylic acids is 2. The van der Waals surface area contributed by atoms with Crippen LogP contribution in [0, 0.1) is 5.41 Å². The van der Waals surface area contributed by atoms with E-state index < -0.39 is 0 Å².